The molecule has 144 valence electrons. The van der Waals surface area contributed by atoms with E-state index in [9.17, 15) is 14.4 Å². The molecule has 1 aromatic rings. The average molecular weight is 388 g/mol. The van der Waals surface area contributed by atoms with Gasteiger partial charge in [-0.25, -0.2) is 0 Å². The first kappa shape index (κ1) is 18.5. The molecule has 2 fully saturated rings. The number of nitrogens with one attached hydrogen (secondary N) is 2. The summed E-state index contributed by atoms with van der Waals surface area (Å²) < 4.78 is 0. The summed E-state index contributed by atoms with van der Waals surface area (Å²) in [6.07, 6.45) is 2.75. The van der Waals surface area contributed by atoms with Crippen molar-refractivity contribution < 1.29 is 14.4 Å². The normalized spacial score (nSPS) is 32.2. The number of para-hydroxylation sites is 1. The highest BCUT2D eigenvalue weighted by atomic mass is 32.2. The summed E-state index contributed by atoms with van der Waals surface area (Å²) in [5, 5.41) is 6.37. The van der Waals surface area contributed by atoms with E-state index in [0.717, 1.165) is 17.7 Å². The van der Waals surface area contributed by atoms with Crippen LogP contribution in [0.2, 0.25) is 0 Å². The third kappa shape index (κ3) is 2.41. The number of nitrogens with zero attached hydrogens (tertiary/aromatic N) is 1. The van der Waals surface area contributed by atoms with Crippen molar-refractivity contribution in [1.82, 2.24) is 10.2 Å². The fourth-order valence-corrected chi connectivity index (χ4v) is 5.40. The quantitative estimate of drug-likeness (QED) is 0.775. The molecule has 4 rings (SSSR count). The van der Waals surface area contributed by atoms with Gasteiger partial charge in [0.25, 0.3) is 0 Å². The molecule has 1 aromatic carbocycles. The van der Waals surface area contributed by atoms with Crippen LogP contribution in [0, 0.1) is 11.8 Å². The van der Waals surface area contributed by atoms with Crippen molar-refractivity contribution in [1.29, 1.82) is 0 Å². The molecule has 3 amide bonds. The minimum absolute atomic E-state index is 0.162. The summed E-state index contributed by atoms with van der Waals surface area (Å²) in [7, 11) is 0. The van der Waals surface area contributed by atoms with Crippen LogP contribution >= 0.6 is 11.8 Å². The first-order chi connectivity index (χ1) is 12.7. The number of imide groups is 1. The van der Waals surface area contributed by atoms with Gasteiger partial charge in [-0.1, -0.05) is 18.2 Å². The summed E-state index contributed by atoms with van der Waals surface area (Å²) in [6.45, 7) is 5.59. The lowest BCUT2D eigenvalue weighted by Crippen LogP contribution is -2.55. The molecule has 27 heavy (non-hydrogen) atoms. The summed E-state index contributed by atoms with van der Waals surface area (Å²) in [5.41, 5.74) is -0.294. The second kappa shape index (κ2) is 6.07. The maximum absolute atomic E-state index is 13.5. The van der Waals surface area contributed by atoms with Crippen molar-refractivity contribution in [3.63, 3.8) is 0 Å². The van der Waals surface area contributed by atoms with Gasteiger partial charge >= 0.3 is 0 Å². The fraction of sp³-hybridized carbons (Fsp3) is 0.550. The lowest BCUT2D eigenvalue weighted by Gasteiger charge is -2.34. The Morgan fingerprint density at radius 1 is 1.15 bits per heavy atom. The first-order valence-corrected chi connectivity index (χ1v) is 10.7. The number of carbonyl (C=O) groups is 3. The van der Waals surface area contributed by atoms with Gasteiger partial charge in [-0.3, -0.25) is 24.6 Å². The number of likely N-dealkylation sites (tertiary alicyclic amines) is 1. The molecule has 6 nitrogen and oxygen atoms in total. The van der Waals surface area contributed by atoms with Crippen molar-refractivity contribution in [2.45, 2.75) is 44.3 Å². The Balaban J connectivity index is 1.87. The molecule has 0 aliphatic carbocycles. The standard InChI is InChI=1S/C20H25N3O3S/c1-19(2,3)23-16(24)14-13(9-10-27-4)22-20(15(14)17(23)25)11-7-5-6-8-12(11)21-18(20)26/h5-8,13-15,22H,9-10H2,1-4H3,(H,21,26)/t13-,14+,15-,20-/m0/s1. The maximum Gasteiger partial charge on any atom is 0.250 e. The first-order valence-electron chi connectivity index (χ1n) is 9.29. The monoisotopic (exact) mass is 387 g/mol. The van der Waals surface area contributed by atoms with Gasteiger partial charge in [-0.05, 0) is 45.3 Å². The highest BCUT2D eigenvalue weighted by Gasteiger charge is 2.71. The zero-order valence-corrected chi connectivity index (χ0v) is 16.9. The molecule has 1 spiro atoms. The van der Waals surface area contributed by atoms with Gasteiger partial charge in [0.2, 0.25) is 17.7 Å². The molecule has 0 radical (unpaired) electrons. The van der Waals surface area contributed by atoms with E-state index >= 15 is 0 Å². The Hall–Kier alpha value is -1.86. The number of thioether (sulfide) groups is 1. The number of anilines is 1. The zero-order valence-electron chi connectivity index (χ0n) is 16.0. The molecule has 2 N–H and O–H groups in total. The molecular formula is C20H25N3O3S. The van der Waals surface area contributed by atoms with E-state index in [1.807, 2.05) is 51.3 Å². The lowest BCUT2D eigenvalue weighted by molar-refractivity contribution is -0.147. The Kier molecular flexibility index (Phi) is 4.16. The minimum Gasteiger partial charge on any atom is -0.324 e. The Morgan fingerprint density at radius 2 is 1.85 bits per heavy atom. The molecule has 0 saturated carbocycles. The van der Waals surface area contributed by atoms with Gasteiger partial charge in [0.15, 0.2) is 0 Å². The van der Waals surface area contributed by atoms with Crippen molar-refractivity contribution in [2.24, 2.45) is 11.8 Å². The van der Waals surface area contributed by atoms with Gasteiger partial charge < -0.3 is 5.32 Å². The third-order valence-electron chi connectivity index (χ3n) is 5.93. The summed E-state index contributed by atoms with van der Waals surface area (Å²) in [5.74, 6) is -1.01. The van der Waals surface area contributed by atoms with Crippen LogP contribution in [0.5, 0.6) is 0 Å². The number of carbonyl (C=O) groups excluding carboxylic acids is 3. The molecule has 2 saturated heterocycles. The highest BCUT2D eigenvalue weighted by molar-refractivity contribution is 7.98. The van der Waals surface area contributed by atoms with E-state index in [2.05, 4.69) is 10.6 Å². The van der Waals surface area contributed by atoms with Crippen LogP contribution in [0.1, 0.15) is 32.8 Å². The predicted molar refractivity (Wildman–Crippen MR) is 105 cm³/mol. The topological polar surface area (TPSA) is 78.5 Å². The number of hydrogen-bond acceptors (Lipinski definition) is 5. The van der Waals surface area contributed by atoms with Crippen LogP contribution in [-0.2, 0) is 19.9 Å². The summed E-state index contributed by atoms with van der Waals surface area (Å²) in [6, 6.07) is 7.25. The smallest absolute Gasteiger partial charge is 0.250 e. The van der Waals surface area contributed by atoms with Crippen LogP contribution in [0.15, 0.2) is 24.3 Å². The third-order valence-corrected chi connectivity index (χ3v) is 6.57. The lowest BCUT2D eigenvalue weighted by atomic mass is 9.76. The highest BCUT2D eigenvalue weighted by Crippen LogP contribution is 2.54. The van der Waals surface area contributed by atoms with Gasteiger partial charge in [0, 0.05) is 22.8 Å². The van der Waals surface area contributed by atoms with E-state index in [1.54, 1.807) is 11.8 Å². The second-order valence-electron chi connectivity index (χ2n) is 8.53. The zero-order chi connectivity index (χ0) is 19.6. The van der Waals surface area contributed by atoms with Gasteiger partial charge in [-0.15, -0.1) is 0 Å². The Labute approximate surface area is 163 Å². The number of fused-ring (bicyclic) bond motifs is 4. The summed E-state index contributed by atoms with van der Waals surface area (Å²) >= 11 is 1.70. The number of amides is 3. The van der Waals surface area contributed by atoms with Crippen molar-refractivity contribution in [2.75, 3.05) is 17.3 Å². The van der Waals surface area contributed by atoms with Crippen LogP contribution in [0.25, 0.3) is 0 Å². The number of hydrogen-bond donors (Lipinski definition) is 2. The van der Waals surface area contributed by atoms with E-state index in [4.69, 9.17) is 0 Å². The molecule has 3 heterocycles. The van der Waals surface area contributed by atoms with Crippen LogP contribution in [0.3, 0.4) is 0 Å². The Morgan fingerprint density at radius 3 is 2.52 bits per heavy atom. The SMILES string of the molecule is CSCC[C@@H]1N[C@]2(C(=O)Nc3ccccc32)[C@@H]2C(=O)N(C(C)(C)C)C(=O)[C@H]12. The van der Waals surface area contributed by atoms with Gasteiger partial charge in [0.05, 0.1) is 11.8 Å². The second-order valence-corrected chi connectivity index (χ2v) is 9.51. The largest absolute Gasteiger partial charge is 0.324 e. The molecule has 3 aliphatic rings. The Bertz CT molecular complexity index is 834. The van der Waals surface area contributed by atoms with Crippen LogP contribution in [0.4, 0.5) is 5.69 Å². The number of benzene rings is 1. The van der Waals surface area contributed by atoms with Crippen molar-refractivity contribution in [3.8, 4) is 0 Å². The van der Waals surface area contributed by atoms with Crippen LogP contribution in [-0.4, -0.2) is 46.2 Å². The van der Waals surface area contributed by atoms with E-state index in [-0.39, 0.29) is 23.8 Å². The van der Waals surface area contributed by atoms with Crippen LogP contribution < -0.4 is 10.6 Å². The molecule has 0 aromatic heterocycles. The molecule has 7 heteroatoms. The molecule has 0 bridgehead atoms. The van der Waals surface area contributed by atoms with Crippen molar-refractivity contribution in [3.05, 3.63) is 29.8 Å². The van der Waals surface area contributed by atoms with Crippen molar-refractivity contribution >= 4 is 35.2 Å². The molecule has 4 atom stereocenters. The van der Waals surface area contributed by atoms with Gasteiger partial charge in [0.1, 0.15) is 5.54 Å². The molecular weight excluding hydrogens is 362 g/mol. The predicted octanol–water partition coefficient (Wildman–Crippen LogP) is 1.96. The van der Waals surface area contributed by atoms with E-state index in [0.29, 0.717) is 5.69 Å². The number of rotatable bonds is 3. The van der Waals surface area contributed by atoms with E-state index < -0.39 is 22.9 Å². The fourth-order valence-electron chi connectivity index (χ4n) is 4.91. The van der Waals surface area contributed by atoms with E-state index in [1.165, 1.54) is 4.90 Å². The summed E-state index contributed by atoms with van der Waals surface area (Å²) in [4.78, 5) is 41.3. The minimum atomic E-state index is -1.17. The molecule has 0 unspecified atom stereocenters. The maximum atomic E-state index is 13.5. The molecule has 3 aliphatic heterocycles. The van der Waals surface area contributed by atoms with Gasteiger partial charge in [-0.2, -0.15) is 11.8 Å². The average Bonchev–Trinajstić information content (AvgIpc) is 3.17.